The average molecular weight is 530 g/mol. The molecule has 192 valence electrons. The highest BCUT2D eigenvalue weighted by atomic mass is 32.1. The minimum atomic E-state index is -0.991. The van der Waals surface area contributed by atoms with E-state index in [0.717, 1.165) is 17.1 Å². The third-order valence-electron chi connectivity index (χ3n) is 6.38. The summed E-state index contributed by atoms with van der Waals surface area (Å²) in [6.07, 6.45) is 3.78. The summed E-state index contributed by atoms with van der Waals surface area (Å²) < 4.78 is 15.2. The van der Waals surface area contributed by atoms with Gasteiger partial charge in [0.1, 0.15) is 5.82 Å². The molecule has 2 aromatic carbocycles. The number of hydrogen-bond acceptors (Lipinski definition) is 4. The smallest absolute Gasteiger partial charge is 0.335 e. The Kier molecular flexibility index (Phi) is 7.14. The van der Waals surface area contributed by atoms with E-state index in [4.69, 9.17) is 12.2 Å². The molecule has 2 aromatic heterocycles. The zero-order chi connectivity index (χ0) is 26.6. The molecule has 1 amide bonds. The Balaban J connectivity index is 1.43. The van der Waals surface area contributed by atoms with E-state index in [2.05, 4.69) is 15.6 Å². The molecule has 0 aliphatic carbocycles. The van der Waals surface area contributed by atoms with Crippen LogP contribution in [0.15, 0.2) is 91.3 Å². The lowest BCUT2D eigenvalue weighted by Gasteiger charge is -2.29. The number of carboxylic acids is 1. The summed E-state index contributed by atoms with van der Waals surface area (Å²) in [4.78, 5) is 30.6. The molecule has 1 aliphatic heterocycles. The number of hydrogen-bond donors (Lipinski definition) is 3. The van der Waals surface area contributed by atoms with E-state index < -0.39 is 5.97 Å². The van der Waals surface area contributed by atoms with Crippen molar-refractivity contribution in [2.45, 2.75) is 18.5 Å². The van der Waals surface area contributed by atoms with Crippen LogP contribution in [0.4, 0.5) is 10.1 Å². The molecule has 2 atom stereocenters. The molecule has 0 spiro atoms. The van der Waals surface area contributed by atoms with Crippen LogP contribution in [0.1, 0.15) is 40.3 Å². The van der Waals surface area contributed by atoms with Crippen molar-refractivity contribution in [3.63, 3.8) is 0 Å². The number of nitrogens with one attached hydrogen (secondary N) is 2. The lowest BCUT2D eigenvalue weighted by atomic mass is 10.0. The SMILES string of the molecule is O=C(CCN1C(=S)N[C@@H](c2ccccn2)[C@H]1c1cccn1-c1ccc(C(=O)O)cc1)Nc1ccc(F)cc1. The van der Waals surface area contributed by atoms with Crippen LogP contribution < -0.4 is 10.6 Å². The van der Waals surface area contributed by atoms with E-state index in [1.54, 1.807) is 30.5 Å². The first kappa shape index (κ1) is 25.1. The molecule has 3 N–H and O–H groups in total. The Hall–Kier alpha value is -4.57. The quantitative estimate of drug-likeness (QED) is 0.284. The second-order valence-corrected chi connectivity index (χ2v) is 9.17. The van der Waals surface area contributed by atoms with Gasteiger partial charge in [-0.25, -0.2) is 9.18 Å². The third kappa shape index (κ3) is 5.25. The topological polar surface area (TPSA) is 99.5 Å². The van der Waals surface area contributed by atoms with E-state index in [-0.39, 0.29) is 35.8 Å². The number of halogens is 1. The fourth-order valence-electron chi connectivity index (χ4n) is 4.58. The Morgan fingerprint density at radius 2 is 1.79 bits per heavy atom. The van der Waals surface area contributed by atoms with Crippen LogP contribution in [0.25, 0.3) is 5.69 Å². The molecule has 4 aromatic rings. The molecule has 8 nitrogen and oxygen atoms in total. The van der Waals surface area contributed by atoms with Gasteiger partial charge in [0, 0.05) is 42.4 Å². The second-order valence-electron chi connectivity index (χ2n) is 8.78. The van der Waals surface area contributed by atoms with Gasteiger partial charge in [0.25, 0.3) is 0 Å². The number of carboxylic acid groups (broad SMARTS) is 1. The van der Waals surface area contributed by atoms with Crippen molar-refractivity contribution in [2.75, 3.05) is 11.9 Å². The van der Waals surface area contributed by atoms with Crippen LogP contribution in [-0.2, 0) is 4.79 Å². The first-order chi connectivity index (χ1) is 18.4. The predicted octanol–water partition coefficient (Wildman–Crippen LogP) is 4.71. The van der Waals surface area contributed by atoms with Crippen LogP contribution in [0.5, 0.6) is 0 Å². The number of nitrogens with zero attached hydrogens (tertiary/aromatic N) is 3. The Morgan fingerprint density at radius 1 is 1.03 bits per heavy atom. The van der Waals surface area contributed by atoms with Crippen LogP contribution in [0.2, 0.25) is 0 Å². The maximum Gasteiger partial charge on any atom is 0.335 e. The van der Waals surface area contributed by atoms with Crippen LogP contribution >= 0.6 is 12.2 Å². The standard InChI is InChI=1S/C28H24FN5O3S/c29-19-8-10-20(11-9-19)31-24(35)14-17-34-26(25(32-28(34)38)22-4-1-2-15-30-22)23-5-3-16-33(23)21-12-6-18(7-13-21)27(36)37/h1-13,15-16,25-26H,14,17H2,(H,31,35)(H,32,38)(H,36,37)/t25-,26+/m0/s1. The van der Waals surface area contributed by atoms with E-state index >= 15 is 0 Å². The van der Waals surface area contributed by atoms with Crippen molar-refractivity contribution in [3.8, 4) is 5.69 Å². The Labute approximate surface area is 223 Å². The van der Waals surface area contributed by atoms with Gasteiger partial charge in [0.2, 0.25) is 5.91 Å². The normalized spacial score (nSPS) is 16.8. The van der Waals surface area contributed by atoms with E-state index in [1.807, 2.05) is 46.0 Å². The van der Waals surface area contributed by atoms with Crippen molar-refractivity contribution >= 4 is 34.9 Å². The van der Waals surface area contributed by atoms with E-state index in [1.165, 1.54) is 24.3 Å². The summed E-state index contributed by atoms with van der Waals surface area (Å²) in [7, 11) is 0. The van der Waals surface area contributed by atoms with Gasteiger partial charge in [0.15, 0.2) is 5.11 Å². The van der Waals surface area contributed by atoms with Gasteiger partial charge in [-0.1, -0.05) is 6.07 Å². The van der Waals surface area contributed by atoms with Crippen molar-refractivity contribution in [1.29, 1.82) is 0 Å². The fraction of sp³-hybridized carbons (Fsp3) is 0.143. The maximum absolute atomic E-state index is 13.2. The van der Waals surface area contributed by atoms with Gasteiger partial charge in [-0.15, -0.1) is 0 Å². The summed E-state index contributed by atoms with van der Waals surface area (Å²) in [5, 5.41) is 15.9. The number of benzene rings is 2. The third-order valence-corrected chi connectivity index (χ3v) is 6.73. The van der Waals surface area contributed by atoms with Gasteiger partial charge < -0.3 is 25.2 Å². The lowest BCUT2D eigenvalue weighted by Crippen LogP contribution is -2.33. The molecule has 1 saturated heterocycles. The minimum Gasteiger partial charge on any atom is -0.478 e. The van der Waals surface area contributed by atoms with Crippen molar-refractivity contribution in [3.05, 3.63) is 114 Å². The van der Waals surface area contributed by atoms with Gasteiger partial charge in [-0.3, -0.25) is 9.78 Å². The van der Waals surface area contributed by atoms with Gasteiger partial charge in [-0.2, -0.15) is 0 Å². The molecular formula is C28H24FN5O3S. The Bertz CT molecular complexity index is 1460. The van der Waals surface area contributed by atoms with Crippen LogP contribution in [-0.4, -0.2) is 43.1 Å². The molecular weight excluding hydrogens is 505 g/mol. The molecule has 0 radical (unpaired) electrons. The molecule has 38 heavy (non-hydrogen) atoms. The summed E-state index contributed by atoms with van der Waals surface area (Å²) >= 11 is 5.71. The number of pyridine rings is 1. The number of aromatic nitrogens is 2. The molecule has 1 fully saturated rings. The number of carbonyl (C=O) groups excluding carboxylic acids is 1. The van der Waals surface area contributed by atoms with E-state index in [0.29, 0.717) is 17.3 Å². The maximum atomic E-state index is 13.2. The highest BCUT2D eigenvalue weighted by molar-refractivity contribution is 7.80. The summed E-state index contributed by atoms with van der Waals surface area (Å²) in [6, 6.07) is 21.2. The molecule has 10 heteroatoms. The largest absolute Gasteiger partial charge is 0.478 e. The van der Waals surface area contributed by atoms with E-state index in [9.17, 15) is 19.1 Å². The molecule has 0 unspecified atom stereocenters. The zero-order valence-electron chi connectivity index (χ0n) is 20.1. The van der Waals surface area contributed by atoms with Crippen LogP contribution in [0, 0.1) is 5.82 Å². The summed E-state index contributed by atoms with van der Waals surface area (Å²) in [5.74, 6) is -1.59. The zero-order valence-corrected chi connectivity index (χ0v) is 20.9. The first-order valence-electron chi connectivity index (χ1n) is 11.9. The summed E-state index contributed by atoms with van der Waals surface area (Å²) in [5.41, 5.74) is 3.20. The highest BCUT2D eigenvalue weighted by Gasteiger charge is 2.41. The van der Waals surface area contributed by atoms with Crippen molar-refractivity contribution in [2.24, 2.45) is 0 Å². The number of thiocarbonyl (C=S) groups is 1. The van der Waals surface area contributed by atoms with Crippen molar-refractivity contribution < 1.29 is 19.1 Å². The Morgan fingerprint density at radius 3 is 2.47 bits per heavy atom. The summed E-state index contributed by atoms with van der Waals surface area (Å²) in [6.45, 7) is 0.329. The predicted molar refractivity (Wildman–Crippen MR) is 145 cm³/mol. The number of rotatable bonds is 8. The first-order valence-corrected chi connectivity index (χ1v) is 12.4. The number of aromatic carboxylic acids is 1. The van der Waals surface area contributed by atoms with Gasteiger partial charge in [0.05, 0.1) is 23.3 Å². The minimum absolute atomic E-state index is 0.151. The fourth-order valence-corrected chi connectivity index (χ4v) is 4.91. The molecule has 3 heterocycles. The average Bonchev–Trinajstić information content (AvgIpc) is 3.53. The molecule has 0 bridgehead atoms. The number of amides is 1. The monoisotopic (exact) mass is 529 g/mol. The molecule has 1 aliphatic rings. The number of carbonyl (C=O) groups is 2. The van der Waals surface area contributed by atoms with Gasteiger partial charge in [-0.05, 0) is 85.0 Å². The highest BCUT2D eigenvalue weighted by Crippen LogP contribution is 2.39. The van der Waals surface area contributed by atoms with Crippen LogP contribution in [0.3, 0.4) is 0 Å². The second kappa shape index (κ2) is 10.8. The lowest BCUT2D eigenvalue weighted by molar-refractivity contribution is -0.116. The van der Waals surface area contributed by atoms with Crippen molar-refractivity contribution in [1.82, 2.24) is 19.8 Å². The van der Waals surface area contributed by atoms with Gasteiger partial charge >= 0.3 is 5.97 Å². The molecule has 0 saturated carbocycles. The molecule has 5 rings (SSSR count). The number of anilines is 1.